The zero-order chi connectivity index (χ0) is 22.4. The van der Waals surface area contributed by atoms with Gasteiger partial charge in [-0.05, 0) is 31.7 Å². The van der Waals surface area contributed by atoms with Crippen LogP contribution in [0.5, 0.6) is 0 Å². The van der Waals surface area contributed by atoms with E-state index < -0.39 is 11.9 Å². The minimum absolute atomic E-state index is 0.202. The van der Waals surface area contributed by atoms with Crippen molar-refractivity contribution in [3.63, 3.8) is 0 Å². The maximum absolute atomic E-state index is 13.1. The Balaban J connectivity index is 0.000000735. The third-order valence-electron chi connectivity index (χ3n) is 4.54. The first-order valence-electron chi connectivity index (χ1n) is 9.22. The van der Waals surface area contributed by atoms with Gasteiger partial charge in [-0.25, -0.2) is 4.98 Å². The molecular formula is C20H24N6O4. The number of hydrogen-bond acceptors (Lipinski definition) is 7. The van der Waals surface area contributed by atoms with Gasteiger partial charge in [0, 0.05) is 39.3 Å². The average Bonchev–Trinajstić information content (AvgIpc) is 2.68. The van der Waals surface area contributed by atoms with Crippen LogP contribution in [-0.4, -0.2) is 64.5 Å². The minimum atomic E-state index is -0.870. The molecule has 0 radical (unpaired) electrons. The molecule has 10 heteroatoms. The molecule has 2 aromatic rings. The number of carbonyl (C=O) groups excluding carboxylic acids is 1. The molecule has 0 unspecified atom stereocenters. The molecule has 2 aromatic heterocycles. The number of carboxylic acids is 1. The smallest absolute Gasteiger partial charge is 0.300 e. The monoisotopic (exact) mass is 412 g/mol. The molecule has 0 aromatic carbocycles. The third kappa shape index (κ3) is 5.21. The van der Waals surface area contributed by atoms with Gasteiger partial charge in [0.15, 0.2) is 0 Å². The number of aliphatic carboxylic acids is 1. The van der Waals surface area contributed by atoms with Crippen molar-refractivity contribution in [2.24, 2.45) is 5.73 Å². The summed E-state index contributed by atoms with van der Waals surface area (Å²) in [6, 6.07) is 5.40. The lowest BCUT2D eigenvalue weighted by Crippen LogP contribution is -2.45. The number of nitrogens with two attached hydrogens (primary N) is 1. The molecular weight excluding hydrogens is 388 g/mol. The molecule has 1 fully saturated rings. The number of nitriles is 1. The SMILES string of the molecule is CC(=O)O.Cc1cccn2c(=O)c(C=C(C#N)C(N)=O)c(N3CCN(C)CC3)nc12. The molecule has 1 saturated heterocycles. The molecule has 10 nitrogen and oxygen atoms in total. The number of aryl methyl sites for hydroxylation is 1. The molecule has 1 aliphatic heterocycles. The molecule has 0 bridgehead atoms. The molecule has 30 heavy (non-hydrogen) atoms. The molecule has 0 aliphatic carbocycles. The van der Waals surface area contributed by atoms with Crippen LogP contribution in [-0.2, 0) is 9.59 Å². The normalized spacial score (nSPS) is 14.6. The van der Waals surface area contributed by atoms with Gasteiger partial charge >= 0.3 is 0 Å². The Morgan fingerprint density at radius 1 is 1.30 bits per heavy atom. The summed E-state index contributed by atoms with van der Waals surface area (Å²) >= 11 is 0. The lowest BCUT2D eigenvalue weighted by molar-refractivity contribution is -0.134. The summed E-state index contributed by atoms with van der Waals surface area (Å²) in [5.41, 5.74) is 6.27. The maximum Gasteiger partial charge on any atom is 0.300 e. The summed E-state index contributed by atoms with van der Waals surface area (Å²) in [5.74, 6) is -1.23. The topological polar surface area (TPSA) is 145 Å². The van der Waals surface area contributed by atoms with E-state index in [1.165, 1.54) is 10.5 Å². The number of pyridine rings is 1. The van der Waals surface area contributed by atoms with Crippen LogP contribution in [0.3, 0.4) is 0 Å². The lowest BCUT2D eigenvalue weighted by Gasteiger charge is -2.34. The zero-order valence-electron chi connectivity index (χ0n) is 17.1. The van der Waals surface area contributed by atoms with E-state index in [1.807, 2.05) is 24.9 Å². The Morgan fingerprint density at radius 2 is 1.90 bits per heavy atom. The summed E-state index contributed by atoms with van der Waals surface area (Å²) in [4.78, 5) is 42.4. The number of fused-ring (bicyclic) bond motifs is 1. The van der Waals surface area contributed by atoms with Crippen molar-refractivity contribution in [2.45, 2.75) is 13.8 Å². The van der Waals surface area contributed by atoms with Crippen LogP contribution in [0, 0.1) is 18.3 Å². The minimum Gasteiger partial charge on any atom is -0.481 e. The van der Waals surface area contributed by atoms with Crippen molar-refractivity contribution in [1.82, 2.24) is 14.3 Å². The van der Waals surface area contributed by atoms with Gasteiger partial charge in [-0.1, -0.05) is 6.07 Å². The zero-order valence-corrected chi connectivity index (χ0v) is 17.1. The van der Waals surface area contributed by atoms with Crippen LogP contribution >= 0.6 is 0 Å². The van der Waals surface area contributed by atoms with Gasteiger partial charge in [0.1, 0.15) is 23.1 Å². The maximum atomic E-state index is 13.1. The van der Waals surface area contributed by atoms with Crippen LogP contribution in [0.2, 0.25) is 0 Å². The molecule has 3 rings (SSSR count). The molecule has 3 N–H and O–H groups in total. The fourth-order valence-electron chi connectivity index (χ4n) is 2.99. The molecule has 0 spiro atoms. The summed E-state index contributed by atoms with van der Waals surface area (Å²) < 4.78 is 1.43. The van der Waals surface area contributed by atoms with Crippen LogP contribution in [0.1, 0.15) is 18.1 Å². The van der Waals surface area contributed by atoms with Gasteiger partial charge in [-0.15, -0.1) is 0 Å². The molecule has 1 aliphatic rings. The number of rotatable bonds is 3. The first kappa shape index (κ1) is 22.6. The number of aromatic nitrogens is 2. The number of likely N-dealkylation sites (N-methyl/N-ethyl adjacent to an activating group) is 1. The number of hydrogen-bond donors (Lipinski definition) is 2. The first-order chi connectivity index (χ1) is 14.1. The van der Waals surface area contributed by atoms with Gasteiger partial charge < -0.3 is 20.6 Å². The highest BCUT2D eigenvalue weighted by atomic mass is 16.4. The molecule has 0 atom stereocenters. The molecule has 158 valence electrons. The standard InChI is InChI=1S/C18H20N6O2.C2H4O2/c1-12-4-3-5-24-16(12)21-17(23-8-6-22(2)7-9-23)14(18(24)26)10-13(11-19)15(20)25;1-2(3)4/h3-5,10H,6-9H2,1-2H3,(H2,20,25);1H3,(H,3,4). The summed E-state index contributed by atoms with van der Waals surface area (Å²) in [7, 11) is 2.03. The number of primary amides is 1. The van der Waals surface area contributed by atoms with Crippen LogP contribution < -0.4 is 16.2 Å². The van der Waals surface area contributed by atoms with Crippen LogP contribution in [0.15, 0.2) is 28.7 Å². The van der Waals surface area contributed by atoms with E-state index in [4.69, 9.17) is 20.6 Å². The van der Waals surface area contributed by atoms with Crippen molar-refractivity contribution < 1.29 is 14.7 Å². The van der Waals surface area contributed by atoms with E-state index in [0.717, 1.165) is 25.6 Å². The van der Waals surface area contributed by atoms with Crippen LogP contribution in [0.25, 0.3) is 11.7 Å². The van der Waals surface area contributed by atoms with Gasteiger partial charge in [-0.2, -0.15) is 5.26 Å². The predicted molar refractivity (Wildman–Crippen MR) is 112 cm³/mol. The Morgan fingerprint density at radius 3 is 2.43 bits per heavy atom. The van der Waals surface area contributed by atoms with Crippen LogP contribution in [0.4, 0.5) is 5.82 Å². The second-order valence-electron chi connectivity index (χ2n) is 6.88. The van der Waals surface area contributed by atoms with Gasteiger partial charge in [-0.3, -0.25) is 18.8 Å². The fraction of sp³-hybridized carbons (Fsp3) is 0.350. The van der Waals surface area contributed by atoms with Crippen molar-refractivity contribution >= 4 is 29.4 Å². The number of piperazine rings is 1. The number of carbonyl (C=O) groups is 2. The Labute approximate surface area is 173 Å². The molecule has 1 amide bonds. The van der Waals surface area contributed by atoms with Gasteiger partial charge in [0.05, 0.1) is 5.56 Å². The van der Waals surface area contributed by atoms with E-state index in [-0.39, 0.29) is 16.7 Å². The average molecular weight is 412 g/mol. The fourth-order valence-corrected chi connectivity index (χ4v) is 2.99. The Kier molecular flexibility index (Phi) is 7.27. The quantitative estimate of drug-likeness (QED) is 0.538. The van der Waals surface area contributed by atoms with Gasteiger partial charge in [0.25, 0.3) is 17.4 Å². The number of carboxylic acid groups (broad SMARTS) is 1. The molecule has 0 saturated carbocycles. The summed E-state index contributed by atoms with van der Waals surface area (Å²) in [6.07, 6.45) is 2.87. The second-order valence-corrected chi connectivity index (χ2v) is 6.88. The Bertz CT molecular complexity index is 1090. The highest BCUT2D eigenvalue weighted by molar-refractivity contribution is 6.01. The number of nitrogens with zero attached hydrogens (tertiary/aromatic N) is 5. The lowest BCUT2D eigenvalue weighted by atomic mass is 10.1. The van der Waals surface area contributed by atoms with Gasteiger partial charge in [0.2, 0.25) is 0 Å². The second kappa shape index (κ2) is 9.67. The van der Waals surface area contributed by atoms with Crippen molar-refractivity contribution in [3.05, 3.63) is 45.4 Å². The number of anilines is 1. The highest BCUT2D eigenvalue weighted by Crippen LogP contribution is 2.21. The van der Waals surface area contributed by atoms with E-state index in [1.54, 1.807) is 18.3 Å². The summed E-state index contributed by atoms with van der Waals surface area (Å²) in [6.45, 7) is 6.03. The predicted octanol–water partition coefficient (Wildman–Crippen LogP) is 0.238. The van der Waals surface area contributed by atoms with E-state index in [2.05, 4.69) is 4.90 Å². The highest BCUT2D eigenvalue weighted by Gasteiger charge is 2.22. The largest absolute Gasteiger partial charge is 0.481 e. The van der Waals surface area contributed by atoms with E-state index >= 15 is 0 Å². The van der Waals surface area contributed by atoms with E-state index in [9.17, 15) is 14.9 Å². The van der Waals surface area contributed by atoms with Crippen molar-refractivity contribution in [1.29, 1.82) is 5.26 Å². The number of amides is 1. The Hall–Kier alpha value is -3.71. The van der Waals surface area contributed by atoms with Crippen molar-refractivity contribution in [3.8, 4) is 6.07 Å². The first-order valence-corrected chi connectivity index (χ1v) is 9.22. The summed E-state index contributed by atoms with van der Waals surface area (Å²) in [5, 5.41) is 16.6. The van der Waals surface area contributed by atoms with Crippen molar-refractivity contribution in [2.75, 3.05) is 38.1 Å². The molecule has 3 heterocycles. The third-order valence-corrected chi connectivity index (χ3v) is 4.54. The van der Waals surface area contributed by atoms with E-state index in [0.29, 0.717) is 24.6 Å².